The van der Waals surface area contributed by atoms with Crippen molar-refractivity contribution in [3.63, 3.8) is 0 Å². The molecule has 0 saturated carbocycles. The number of carbonyl (C=O) groups is 1. The van der Waals surface area contributed by atoms with Crippen LogP contribution in [0.25, 0.3) is 11.1 Å². The second-order valence-corrected chi connectivity index (χ2v) is 11.1. The maximum absolute atomic E-state index is 11.3. The Kier molecular flexibility index (Phi) is 10.5. The van der Waals surface area contributed by atoms with Crippen LogP contribution in [0.3, 0.4) is 0 Å². The zero-order chi connectivity index (χ0) is 32.5. The molecule has 1 unspecified atom stereocenters. The third-order valence-corrected chi connectivity index (χ3v) is 7.74. The first kappa shape index (κ1) is 32.0. The molecule has 0 spiro atoms. The van der Waals surface area contributed by atoms with E-state index in [0.717, 1.165) is 16.7 Å². The van der Waals surface area contributed by atoms with E-state index in [0.29, 0.717) is 62.9 Å². The van der Waals surface area contributed by atoms with E-state index in [1.54, 1.807) is 30.3 Å². The summed E-state index contributed by atoms with van der Waals surface area (Å²) in [6.07, 6.45) is 1.19. The lowest BCUT2D eigenvalue weighted by molar-refractivity contribution is -0.140. The van der Waals surface area contributed by atoms with Gasteiger partial charge in [0.1, 0.15) is 49.9 Å². The van der Waals surface area contributed by atoms with Crippen molar-refractivity contribution in [2.45, 2.75) is 19.8 Å². The van der Waals surface area contributed by atoms with Crippen molar-refractivity contribution < 1.29 is 34.0 Å². The molecule has 11 heteroatoms. The molecule has 0 saturated heterocycles. The Morgan fingerprint density at radius 2 is 1.72 bits per heavy atom. The Balaban J connectivity index is 1.40. The standard InChI is InChI=1S/C35H28BrN3O7/c36-30-12-26(17-39-18-27(19-40)35(41)42)32(45-20-23-4-1-3-22(11-23)15-37)14-33(30)46-21-25-5-2-6-28(29(25)16-38)24-7-8-31-34(13-24)44-10-9-43-31/h1-8,11-14,18,27,40H,9-10,17,19-21H2,(H,41,42). The fourth-order valence-corrected chi connectivity index (χ4v) is 5.27. The van der Waals surface area contributed by atoms with Crippen LogP contribution in [0.5, 0.6) is 23.0 Å². The molecule has 2 N–H and O–H groups in total. The maximum atomic E-state index is 11.3. The minimum atomic E-state index is -1.18. The Hall–Kier alpha value is -5.36. The molecule has 0 amide bonds. The Bertz CT molecular complexity index is 1860. The number of aliphatic hydroxyl groups is 1. The van der Waals surface area contributed by atoms with Crippen molar-refractivity contribution in [1.29, 1.82) is 10.5 Å². The van der Waals surface area contributed by atoms with E-state index < -0.39 is 18.5 Å². The van der Waals surface area contributed by atoms with Crippen molar-refractivity contribution in [3.8, 4) is 46.3 Å². The maximum Gasteiger partial charge on any atom is 0.314 e. The van der Waals surface area contributed by atoms with Gasteiger partial charge in [-0.3, -0.25) is 9.79 Å². The molecule has 4 aromatic rings. The minimum absolute atomic E-state index is 0.0758. The van der Waals surface area contributed by atoms with Crippen LogP contribution in [0.2, 0.25) is 0 Å². The zero-order valence-corrected chi connectivity index (χ0v) is 26.1. The smallest absolute Gasteiger partial charge is 0.314 e. The van der Waals surface area contributed by atoms with E-state index in [-0.39, 0.29) is 19.8 Å². The highest BCUT2D eigenvalue weighted by Crippen LogP contribution is 2.38. The second-order valence-electron chi connectivity index (χ2n) is 10.2. The van der Waals surface area contributed by atoms with Crippen molar-refractivity contribution in [2.75, 3.05) is 19.8 Å². The molecule has 1 aliphatic heterocycles. The molecule has 46 heavy (non-hydrogen) atoms. The van der Waals surface area contributed by atoms with Crippen LogP contribution in [0.4, 0.5) is 0 Å². The summed E-state index contributed by atoms with van der Waals surface area (Å²) in [5, 5.41) is 38.0. The molecule has 5 rings (SSSR count). The summed E-state index contributed by atoms with van der Waals surface area (Å²) in [4.78, 5) is 15.5. The van der Waals surface area contributed by atoms with Gasteiger partial charge < -0.3 is 29.2 Å². The average molecular weight is 683 g/mol. The van der Waals surface area contributed by atoms with Gasteiger partial charge in [0.05, 0.1) is 34.8 Å². The second kappa shape index (κ2) is 15.1. The van der Waals surface area contributed by atoms with Gasteiger partial charge in [0.2, 0.25) is 0 Å². The number of nitriles is 2. The molecule has 1 atom stereocenters. The first-order valence-electron chi connectivity index (χ1n) is 14.2. The number of nitrogens with zero attached hydrogens (tertiary/aromatic N) is 3. The summed E-state index contributed by atoms with van der Waals surface area (Å²) in [7, 11) is 0. The summed E-state index contributed by atoms with van der Waals surface area (Å²) < 4.78 is 24.3. The van der Waals surface area contributed by atoms with Crippen LogP contribution in [0.15, 0.2) is 82.3 Å². The number of ether oxygens (including phenoxy) is 4. The molecule has 1 aliphatic rings. The molecule has 4 aromatic carbocycles. The molecule has 0 radical (unpaired) electrons. The van der Waals surface area contributed by atoms with Gasteiger partial charge in [0.15, 0.2) is 11.5 Å². The highest BCUT2D eigenvalue weighted by molar-refractivity contribution is 9.10. The SMILES string of the molecule is N#Cc1cccc(COc2cc(OCc3cccc(-c4ccc5c(c4)OCCO5)c3C#N)c(Br)cc2CN=CC(CO)C(=O)O)c1. The van der Waals surface area contributed by atoms with Crippen LogP contribution < -0.4 is 18.9 Å². The monoisotopic (exact) mass is 681 g/mol. The highest BCUT2D eigenvalue weighted by Gasteiger charge is 2.18. The summed E-state index contributed by atoms with van der Waals surface area (Å²) in [6.45, 7) is 0.678. The molecule has 10 nitrogen and oxygen atoms in total. The van der Waals surface area contributed by atoms with Gasteiger partial charge in [-0.2, -0.15) is 10.5 Å². The highest BCUT2D eigenvalue weighted by atomic mass is 79.9. The van der Waals surface area contributed by atoms with Crippen molar-refractivity contribution in [2.24, 2.45) is 10.9 Å². The normalized spacial score (nSPS) is 12.6. The number of aliphatic imine (C=N–C) groups is 1. The number of carboxylic acid groups (broad SMARTS) is 1. The van der Waals surface area contributed by atoms with Crippen molar-refractivity contribution >= 4 is 28.1 Å². The van der Waals surface area contributed by atoms with Gasteiger partial charge in [-0.05, 0) is 63.0 Å². The lowest BCUT2D eigenvalue weighted by atomic mass is 9.96. The van der Waals surface area contributed by atoms with Crippen molar-refractivity contribution in [3.05, 3.63) is 105 Å². The summed E-state index contributed by atoms with van der Waals surface area (Å²) in [6, 6.07) is 26.1. The summed E-state index contributed by atoms with van der Waals surface area (Å²) in [5.74, 6) is -0.140. The largest absolute Gasteiger partial charge is 0.488 e. The predicted molar refractivity (Wildman–Crippen MR) is 172 cm³/mol. The number of benzene rings is 4. The van der Waals surface area contributed by atoms with Crippen LogP contribution >= 0.6 is 15.9 Å². The topological polar surface area (TPSA) is 154 Å². The van der Waals surface area contributed by atoms with E-state index in [2.05, 4.69) is 33.1 Å². The Morgan fingerprint density at radius 1 is 0.935 bits per heavy atom. The van der Waals surface area contributed by atoms with Crippen LogP contribution in [0, 0.1) is 28.6 Å². The number of carboxylic acids is 1. The number of aliphatic carboxylic acids is 1. The number of hydrogen-bond donors (Lipinski definition) is 2. The van der Waals surface area contributed by atoms with Crippen LogP contribution in [-0.2, 0) is 24.6 Å². The van der Waals surface area contributed by atoms with E-state index in [1.165, 1.54) is 6.21 Å². The molecular formula is C35H28BrN3O7. The third kappa shape index (κ3) is 7.64. The molecule has 0 fully saturated rings. The first-order chi connectivity index (χ1) is 22.4. The molecule has 1 heterocycles. The van der Waals surface area contributed by atoms with E-state index in [4.69, 9.17) is 18.9 Å². The Morgan fingerprint density at radius 3 is 2.48 bits per heavy atom. The number of rotatable bonds is 12. The van der Waals surface area contributed by atoms with Gasteiger partial charge in [0.25, 0.3) is 0 Å². The fourth-order valence-electron chi connectivity index (χ4n) is 4.76. The predicted octanol–water partition coefficient (Wildman–Crippen LogP) is 6.05. The van der Waals surface area contributed by atoms with E-state index in [9.17, 15) is 25.5 Å². The van der Waals surface area contributed by atoms with E-state index >= 15 is 0 Å². The van der Waals surface area contributed by atoms with Crippen LogP contribution in [0.1, 0.15) is 27.8 Å². The van der Waals surface area contributed by atoms with E-state index in [1.807, 2.05) is 42.5 Å². The average Bonchev–Trinajstić information content (AvgIpc) is 3.08. The molecule has 0 aliphatic carbocycles. The van der Waals surface area contributed by atoms with Crippen LogP contribution in [-0.4, -0.2) is 42.2 Å². The quantitative estimate of drug-likeness (QED) is 0.170. The number of fused-ring (bicyclic) bond motifs is 1. The van der Waals surface area contributed by atoms with Gasteiger partial charge in [-0.25, -0.2) is 0 Å². The third-order valence-electron chi connectivity index (χ3n) is 7.13. The lowest BCUT2D eigenvalue weighted by Crippen LogP contribution is -2.19. The van der Waals surface area contributed by atoms with Gasteiger partial charge in [0, 0.05) is 23.4 Å². The molecule has 0 aromatic heterocycles. The van der Waals surface area contributed by atoms with Gasteiger partial charge in [-0.15, -0.1) is 0 Å². The fraction of sp³-hybridized carbons (Fsp3) is 0.200. The first-order valence-corrected chi connectivity index (χ1v) is 15.0. The number of aliphatic hydroxyl groups excluding tert-OH is 1. The Labute approximate surface area is 273 Å². The van der Waals surface area contributed by atoms with Crippen molar-refractivity contribution in [1.82, 2.24) is 0 Å². The molecule has 0 bridgehead atoms. The molecular weight excluding hydrogens is 654 g/mol. The van der Waals surface area contributed by atoms with Gasteiger partial charge in [-0.1, -0.05) is 36.4 Å². The number of halogens is 1. The molecule has 232 valence electrons. The summed E-state index contributed by atoms with van der Waals surface area (Å²) >= 11 is 3.56. The van der Waals surface area contributed by atoms with Gasteiger partial charge >= 0.3 is 5.97 Å². The zero-order valence-electron chi connectivity index (χ0n) is 24.5. The lowest BCUT2D eigenvalue weighted by Gasteiger charge is -2.19. The minimum Gasteiger partial charge on any atom is -0.488 e. The summed E-state index contributed by atoms with van der Waals surface area (Å²) in [5.41, 5.74) is 4.60. The number of hydrogen-bond acceptors (Lipinski definition) is 9.